The smallest absolute Gasteiger partial charge is 0.249 e. The number of terminal acetylenes is 1. The minimum atomic E-state index is -0.182. The number of nitrogens with one attached hydrogen (secondary N) is 1. The molecular formula is C12H14N2O. The molecule has 0 aliphatic carbocycles. The van der Waals surface area contributed by atoms with E-state index < -0.39 is 0 Å². The van der Waals surface area contributed by atoms with E-state index in [1.165, 1.54) is 6.08 Å². The Kier molecular flexibility index (Phi) is 3.87. The van der Waals surface area contributed by atoms with Crippen molar-refractivity contribution in [1.29, 1.82) is 0 Å². The van der Waals surface area contributed by atoms with Gasteiger partial charge in [0.2, 0.25) is 5.91 Å². The highest BCUT2D eigenvalue weighted by molar-refractivity contribution is 6.08. The lowest BCUT2D eigenvalue weighted by molar-refractivity contribution is -0.115. The summed E-state index contributed by atoms with van der Waals surface area (Å²) < 4.78 is 0. The van der Waals surface area contributed by atoms with Crippen molar-refractivity contribution in [3.8, 4) is 12.3 Å². The lowest BCUT2D eigenvalue weighted by atomic mass is 10.1. The summed E-state index contributed by atoms with van der Waals surface area (Å²) in [5.41, 5.74) is 0.869. The van der Waals surface area contributed by atoms with Crippen molar-refractivity contribution in [2.75, 3.05) is 0 Å². The predicted molar refractivity (Wildman–Crippen MR) is 61.4 cm³/mol. The van der Waals surface area contributed by atoms with Crippen LogP contribution in [0.5, 0.6) is 0 Å². The first-order valence-electron chi connectivity index (χ1n) is 4.84. The normalized spacial score (nSPS) is 20.5. The van der Waals surface area contributed by atoms with Crippen LogP contribution in [0.1, 0.15) is 20.3 Å². The molecule has 0 aromatic carbocycles. The zero-order valence-corrected chi connectivity index (χ0v) is 8.95. The zero-order chi connectivity index (χ0) is 11.3. The molecule has 1 heterocycles. The van der Waals surface area contributed by atoms with Gasteiger partial charge < -0.3 is 5.32 Å². The molecule has 0 fully saturated rings. The van der Waals surface area contributed by atoms with Crippen LogP contribution in [0.3, 0.4) is 0 Å². The Bertz CT molecular complexity index is 383. The van der Waals surface area contributed by atoms with Crippen molar-refractivity contribution >= 4 is 11.7 Å². The molecule has 0 aromatic rings. The van der Waals surface area contributed by atoms with Gasteiger partial charge >= 0.3 is 0 Å². The number of nitrogens with zero attached hydrogens (tertiary/aromatic N) is 1. The van der Waals surface area contributed by atoms with Crippen LogP contribution in [0.15, 0.2) is 28.8 Å². The maximum atomic E-state index is 11.3. The molecule has 1 aliphatic rings. The van der Waals surface area contributed by atoms with E-state index in [0.29, 0.717) is 5.84 Å². The molecular weight excluding hydrogens is 188 g/mol. The van der Waals surface area contributed by atoms with E-state index in [4.69, 9.17) is 6.42 Å². The van der Waals surface area contributed by atoms with Crippen molar-refractivity contribution in [3.05, 3.63) is 23.8 Å². The molecule has 1 amide bonds. The van der Waals surface area contributed by atoms with Crippen molar-refractivity contribution < 1.29 is 4.79 Å². The van der Waals surface area contributed by atoms with E-state index >= 15 is 0 Å². The lowest BCUT2D eigenvalue weighted by Crippen LogP contribution is -2.30. The molecule has 0 aromatic heterocycles. The molecule has 0 saturated heterocycles. The van der Waals surface area contributed by atoms with Crippen LogP contribution in [0.4, 0.5) is 0 Å². The van der Waals surface area contributed by atoms with Crippen LogP contribution < -0.4 is 5.32 Å². The largest absolute Gasteiger partial charge is 0.307 e. The van der Waals surface area contributed by atoms with Gasteiger partial charge in [-0.1, -0.05) is 12.0 Å². The Morgan fingerprint density at radius 1 is 1.80 bits per heavy atom. The van der Waals surface area contributed by atoms with Gasteiger partial charge in [0.25, 0.3) is 0 Å². The highest BCUT2D eigenvalue weighted by Crippen LogP contribution is 2.12. The van der Waals surface area contributed by atoms with Crippen molar-refractivity contribution in [2.24, 2.45) is 4.99 Å². The Labute approximate surface area is 90.0 Å². The SMILES string of the molecule is C#CC1=CC(NC(=O)C=CC)=NC(C)C1. The van der Waals surface area contributed by atoms with Gasteiger partial charge in [-0.3, -0.25) is 9.79 Å². The minimum absolute atomic E-state index is 0.127. The molecule has 1 N–H and O–H groups in total. The summed E-state index contributed by atoms with van der Waals surface area (Å²) in [5, 5.41) is 2.67. The van der Waals surface area contributed by atoms with Crippen molar-refractivity contribution in [2.45, 2.75) is 26.3 Å². The second kappa shape index (κ2) is 5.16. The fourth-order valence-electron chi connectivity index (χ4n) is 1.35. The van der Waals surface area contributed by atoms with Gasteiger partial charge in [0, 0.05) is 12.0 Å². The zero-order valence-electron chi connectivity index (χ0n) is 8.95. The molecule has 0 radical (unpaired) electrons. The second-order valence-electron chi connectivity index (χ2n) is 3.37. The van der Waals surface area contributed by atoms with Gasteiger partial charge in [0.1, 0.15) is 5.84 Å². The van der Waals surface area contributed by atoms with E-state index in [1.54, 1.807) is 19.1 Å². The predicted octanol–water partition coefficient (Wildman–Crippen LogP) is 1.43. The maximum absolute atomic E-state index is 11.3. The number of carbonyl (C=O) groups is 1. The molecule has 3 nitrogen and oxygen atoms in total. The molecule has 0 saturated carbocycles. The van der Waals surface area contributed by atoms with Crippen LogP contribution in [0, 0.1) is 12.3 Å². The summed E-state index contributed by atoms with van der Waals surface area (Å²) in [6.45, 7) is 3.75. The monoisotopic (exact) mass is 202 g/mol. The standard InChI is InChI=1S/C12H14N2O/c1-4-6-12(15)14-11-8-10(5-2)7-9(3)13-11/h2,4,6,8-9H,7H2,1,3H3,(H,13,14,15). The van der Waals surface area contributed by atoms with Crippen LogP contribution in [-0.2, 0) is 4.79 Å². The van der Waals surface area contributed by atoms with E-state index in [0.717, 1.165) is 12.0 Å². The lowest BCUT2D eigenvalue weighted by Gasteiger charge is -2.14. The van der Waals surface area contributed by atoms with E-state index in [9.17, 15) is 4.79 Å². The maximum Gasteiger partial charge on any atom is 0.249 e. The highest BCUT2D eigenvalue weighted by atomic mass is 16.1. The number of amidine groups is 1. The van der Waals surface area contributed by atoms with E-state index in [1.807, 2.05) is 6.92 Å². The summed E-state index contributed by atoms with van der Waals surface area (Å²) in [6.07, 6.45) is 10.9. The number of carbonyl (C=O) groups excluding carboxylic acids is 1. The third kappa shape index (κ3) is 3.43. The van der Waals surface area contributed by atoms with Gasteiger partial charge in [-0.2, -0.15) is 0 Å². The fraction of sp³-hybridized carbons (Fsp3) is 0.333. The van der Waals surface area contributed by atoms with Gasteiger partial charge in [-0.25, -0.2) is 0 Å². The number of dihydropyridines is 1. The third-order valence-corrected chi connectivity index (χ3v) is 1.94. The first-order valence-corrected chi connectivity index (χ1v) is 4.84. The molecule has 1 unspecified atom stereocenters. The van der Waals surface area contributed by atoms with Crippen molar-refractivity contribution in [3.63, 3.8) is 0 Å². The first-order chi connectivity index (χ1) is 7.15. The quantitative estimate of drug-likeness (QED) is 0.507. The Morgan fingerprint density at radius 3 is 3.13 bits per heavy atom. The number of hydrogen-bond acceptors (Lipinski definition) is 2. The minimum Gasteiger partial charge on any atom is -0.307 e. The van der Waals surface area contributed by atoms with Gasteiger partial charge in [-0.15, -0.1) is 6.42 Å². The Balaban J connectivity index is 2.74. The second-order valence-corrected chi connectivity index (χ2v) is 3.37. The summed E-state index contributed by atoms with van der Waals surface area (Å²) in [4.78, 5) is 15.5. The summed E-state index contributed by atoms with van der Waals surface area (Å²) in [6, 6.07) is 0.127. The summed E-state index contributed by atoms with van der Waals surface area (Å²) in [5.74, 6) is 2.94. The van der Waals surface area contributed by atoms with Crippen LogP contribution >= 0.6 is 0 Å². The van der Waals surface area contributed by atoms with Crippen LogP contribution in [-0.4, -0.2) is 17.8 Å². The summed E-state index contributed by atoms with van der Waals surface area (Å²) >= 11 is 0. The molecule has 15 heavy (non-hydrogen) atoms. The number of amides is 1. The van der Waals surface area contributed by atoms with Crippen molar-refractivity contribution in [1.82, 2.24) is 5.32 Å². The molecule has 0 spiro atoms. The fourth-order valence-corrected chi connectivity index (χ4v) is 1.35. The molecule has 1 atom stereocenters. The van der Waals surface area contributed by atoms with Crippen LogP contribution in [0.2, 0.25) is 0 Å². The number of aliphatic imine (C=N–C) groups is 1. The molecule has 1 aliphatic heterocycles. The summed E-state index contributed by atoms with van der Waals surface area (Å²) in [7, 11) is 0. The van der Waals surface area contributed by atoms with E-state index in [-0.39, 0.29) is 11.9 Å². The first kappa shape index (κ1) is 11.3. The van der Waals surface area contributed by atoms with Gasteiger partial charge in [0.05, 0.1) is 6.04 Å². The topological polar surface area (TPSA) is 41.5 Å². The molecule has 3 heteroatoms. The number of rotatable bonds is 1. The average Bonchev–Trinajstić information content (AvgIpc) is 2.17. The Morgan fingerprint density at radius 2 is 2.53 bits per heavy atom. The van der Waals surface area contributed by atoms with Gasteiger partial charge in [0.15, 0.2) is 0 Å². The number of hydrogen-bond donors (Lipinski definition) is 1. The van der Waals surface area contributed by atoms with Gasteiger partial charge in [-0.05, 0) is 26.0 Å². The molecule has 78 valence electrons. The molecule has 1 rings (SSSR count). The Hall–Kier alpha value is -1.82. The highest BCUT2D eigenvalue weighted by Gasteiger charge is 2.12. The number of allylic oxidation sites excluding steroid dienone is 1. The molecule has 0 bridgehead atoms. The van der Waals surface area contributed by atoms with Crippen LogP contribution in [0.25, 0.3) is 0 Å². The third-order valence-electron chi connectivity index (χ3n) is 1.94. The van der Waals surface area contributed by atoms with E-state index in [2.05, 4.69) is 16.2 Å². The average molecular weight is 202 g/mol.